The molecular weight excluding hydrogens is 442 g/mol. The van der Waals surface area contributed by atoms with Crippen molar-refractivity contribution in [1.29, 1.82) is 5.41 Å². The lowest BCUT2D eigenvalue weighted by atomic mass is 10.2. The summed E-state index contributed by atoms with van der Waals surface area (Å²) in [6.45, 7) is 2.73. The van der Waals surface area contributed by atoms with Crippen molar-refractivity contribution >= 4 is 33.0 Å². The van der Waals surface area contributed by atoms with Gasteiger partial charge in [0.25, 0.3) is 0 Å². The number of ether oxygens (including phenoxy) is 1. The average molecular weight is 467 g/mol. The summed E-state index contributed by atoms with van der Waals surface area (Å²) in [5, 5.41) is 7.30. The minimum atomic E-state index is -3.50. The molecule has 172 valence electrons. The molecule has 0 atom stereocenters. The number of halogens is 2. The Bertz CT molecular complexity index is 1130. The topological polar surface area (TPSA) is 104 Å². The van der Waals surface area contributed by atoms with Crippen LogP contribution < -0.4 is 9.80 Å². The maximum Gasteiger partial charge on any atom is 0.311 e. The molecular formula is C21H24F2N4O4S. The van der Waals surface area contributed by atoms with Crippen molar-refractivity contribution in [2.75, 3.05) is 42.2 Å². The molecule has 1 aliphatic heterocycles. The van der Waals surface area contributed by atoms with E-state index in [4.69, 9.17) is 10.1 Å². The van der Waals surface area contributed by atoms with E-state index in [0.29, 0.717) is 26.2 Å². The van der Waals surface area contributed by atoms with Gasteiger partial charge in [-0.1, -0.05) is 0 Å². The number of anilines is 2. The van der Waals surface area contributed by atoms with Crippen LogP contribution in [0.3, 0.4) is 0 Å². The lowest BCUT2D eigenvalue weighted by Gasteiger charge is -2.37. The smallest absolute Gasteiger partial charge is 0.311 e. The molecule has 3 rings (SSSR count). The Morgan fingerprint density at radius 3 is 2.41 bits per heavy atom. The van der Waals surface area contributed by atoms with E-state index in [9.17, 15) is 22.0 Å². The zero-order valence-electron chi connectivity index (χ0n) is 17.8. The van der Waals surface area contributed by atoms with Gasteiger partial charge in [0.1, 0.15) is 12.4 Å². The Morgan fingerprint density at radius 1 is 1.16 bits per heavy atom. The first-order valence-corrected chi connectivity index (χ1v) is 11.8. The molecule has 0 amide bonds. The van der Waals surface area contributed by atoms with Crippen molar-refractivity contribution in [3.05, 3.63) is 47.7 Å². The largest absolute Gasteiger partial charge is 0.460 e. The van der Waals surface area contributed by atoms with Gasteiger partial charge in [-0.15, -0.1) is 0 Å². The SMILES string of the molecule is CC(=N)CC(=O)OCc1ccnc(N2CCN(c3ccc(S(C)(=O)=O)cc3F)CC2)c1F. The van der Waals surface area contributed by atoms with Crippen LogP contribution in [-0.4, -0.2) is 57.5 Å². The summed E-state index contributed by atoms with van der Waals surface area (Å²) < 4.78 is 57.6. The summed E-state index contributed by atoms with van der Waals surface area (Å²) in [5.41, 5.74) is 0.620. The van der Waals surface area contributed by atoms with Crippen LogP contribution in [0.25, 0.3) is 0 Å². The number of rotatable bonds is 7. The number of nitrogens with one attached hydrogen (secondary N) is 1. The number of piperazine rings is 1. The molecule has 0 unspecified atom stereocenters. The molecule has 1 saturated heterocycles. The number of carbonyl (C=O) groups excluding carboxylic acids is 1. The predicted molar refractivity (Wildman–Crippen MR) is 116 cm³/mol. The lowest BCUT2D eigenvalue weighted by molar-refractivity contribution is -0.143. The second kappa shape index (κ2) is 9.60. The summed E-state index contributed by atoms with van der Waals surface area (Å²) in [5.74, 6) is -1.71. The molecule has 0 saturated carbocycles. The fourth-order valence-electron chi connectivity index (χ4n) is 3.36. The quantitative estimate of drug-likeness (QED) is 0.494. The molecule has 0 aliphatic carbocycles. The minimum Gasteiger partial charge on any atom is -0.460 e. The van der Waals surface area contributed by atoms with E-state index in [1.165, 1.54) is 31.3 Å². The number of hydrogen-bond donors (Lipinski definition) is 1. The van der Waals surface area contributed by atoms with Crippen molar-refractivity contribution in [2.45, 2.75) is 24.8 Å². The first-order valence-electron chi connectivity index (χ1n) is 9.89. The van der Waals surface area contributed by atoms with Crippen LogP contribution >= 0.6 is 0 Å². The Labute approximate surface area is 185 Å². The number of carbonyl (C=O) groups is 1. The molecule has 0 spiro atoms. The molecule has 2 heterocycles. The number of sulfone groups is 1. The predicted octanol–water partition coefficient (Wildman–Crippen LogP) is 2.56. The van der Waals surface area contributed by atoms with Gasteiger partial charge in [-0.2, -0.15) is 0 Å². The average Bonchev–Trinajstić information content (AvgIpc) is 2.72. The van der Waals surface area contributed by atoms with Crippen LogP contribution in [0.5, 0.6) is 0 Å². The van der Waals surface area contributed by atoms with Crippen LogP contribution in [-0.2, 0) is 26.0 Å². The monoisotopic (exact) mass is 466 g/mol. The summed E-state index contributed by atoms with van der Waals surface area (Å²) in [6.07, 6.45) is 2.30. The second-order valence-electron chi connectivity index (χ2n) is 7.58. The molecule has 32 heavy (non-hydrogen) atoms. The number of esters is 1. The Morgan fingerprint density at radius 2 is 1.81 bits per heavy atom. The van der Waals surface area contributed by atoms with Crippen LogP contribution in [0.2, 0.25) is 0 Å². The van der Waals surface area contributed by atoms with Crippen LogP contribution in [0.1, 0.15) is 18.9 Å². The zero-order chi connectivity index (χ0) is 23.5. The summed E-state index contributed by atoms with van der Waals surface area (Å²) in [7, 11) is -3.50. The van der Waals surface area contributed by atoms with Gasteiger partial charge in [-0.25, -0.2) is 22.2 Å². The molecule has 2 aromatic rings. The highest BCUT2D eigenvalue weighted by atomic mass is 32.2. The molecule has 1 aliphatic rings. The van der Waals surface area contributed by atoms with Crippen molar-refractivity contribution < 1.29 is 26.7 Å². The van der Waals surface area contributed by atoms with E-state index in [2.05, 4.69) is 4.98 Å². The first kappa shape index (κ1) is 23.6. The van der Waals surface area contributed by atoms with Gasteiger partial charge in [0, 0.05) is 49.9 Å². The van der Waals surface area contributed by atoms with Crippen LogP contribution in [0.4, 0.5) is 20.3 Å². The van der Waals surface area contributed by atoms with Crippen LogP contribution in [0.15, 0.2) is 35.4 Å². The standard InChI is InChI=1S/C21H24F2N4O4S/c1-14(24)11-19(28)31-13-15-5-6-25-21(20(15)23)27-9-7-26(8-10-27)18-4-3-16(12-17(18)22)32(2,29)30/h3-6,12,24H,7-11,13H2,1-2H3. The molecule has 1 aromatic heterocycles. The van der Waals surface area contributed by atoms with E-state index in [-0.39, 0.29) is 40.7 Å². The number of pyridine rings is 1. The van der Waals surface area contributed by atoms with Crippen molar-refractivity contribution in [3.8, 4) is 0 Å². The van der Waals surface area contributed by atoms with E-state index in [0.717, 1.165) is 12.3 Å². The Balaban J connectivity index is 1.66. The van der Waals surface area contributed by atoms with Crippen molar-refractivity contribution in [3.63, 3.8) is 0 Å². The number of hydrogen-bond acceptors (Lipinski definition) is 8. The maximum absolute atomic E-state index is 14.9. The lowest BCUT2D eigenvalue weighted by Crippen LogP contribution is -2.47. The molecule has 1 fully saturated rings. The zero-order valence-corrected chi connectivity index (χ0v) is 18.6. The van der Waals surface area contributed by atoms with Crippen molar-refractivity contribution in [2.24, 2.45) is 0 Å². The molecule has 1 N–H and O–H groups in total. The van der Waals surface area contributed by atoms with Crippen LogP contribution in [0, 0.1) is 17.0 Å². The molecule has 0 radical (unpaired) electrons. The van der Waals surface area contributed by atoms with Gasteiger partial charge in [0.2, 0.25) is 0 Å². The van der Waals surface area contributed by atoms with Gasteiger partial charge in [-0.05, 0) is 31.2 Å². The third-order valence-electron chi connectivity index (χ3n) is 5.02. The van der Waals surface area contributed by atoms with E-state index >= 15 is 0 Å². The summed E-state index contributed by atoms with van der Waals surface area (Å²) >= 11 is 0. The highest BCUT2D eigenvalue weighted by Crippen LogP contribution is 2.26. The van der Waals surface area contributed by atoms with E-state index < -0.39 is 27.4 Å². The highest BCUT2D eigenvalue weighted by Gasteiger charge is 2.24. The van der Waals surface area contributed by atoms with Crippen molar-refractivity contribution in [1.82, 2.24) is 4.98 Å². The molecule has 1 aromatic carbocycles. The highest BCUT2D eigenvalue weighted by molar-refractivity contribution is 7.90. The van der Waals surface area contributed by atoms with Gasteiger partial charge >= 0.3 is 5.97 Å². The number of benzene rings is 1. The summed E-state index contributed by atoms with van der Waals surface area (Å²) in [4.78, 5) is 19.1. The Hall–Kier alpha value is -3.08. The third-order valence-corrected chi connectivity index (χ3v) is 6.13. The molecule has 11 heteroatoms. The van der Waals surface area contributed by atoms with Gasteiger partial charge in [0.15, 0.2) is 21.5 Å². The number of nitrogens with zero attached hydrogens (tertiary/aromatic N) is 3. The van der Waals surface area contributed by atoms with E-state index in [1.54, 1.807) is 9.80 Å². The molecule has 8 nitrogen and oxygen atoms in total. The van der Waals surface area contributed by atoms with Gasteiger partial charge in [-0.3, -0.25) is 4.79 Å². The second-order valence-corrected chi connectivity index (χ2v) is 9.60. The molecule has 0 bridgehead atoms. The maximum atomic E-state index is 14.9. The van der Waals surface area contributed by atoms with Gasteiger partial charge in [0.05, 0.1) is 17.0 Å². The summed E-state index contributed by atoms with van der Waals surface area (Å²) in [6, 6.07) is 5.23. The normalized spacial score (nSPS) is 14.4. The fourth-order valence-corrected chi connectivity index (χ4v) is 4.00. The fraction of sp³-hybridized carbons (Fsp3) is 0.381. The minimum absolute atomic E-state index is 0.0862. The van der Waals surface area contributed by atoms with E-state index in [1.807, 2.05) is 0 Å². The third kappa shape index (κ3) is 5.58. The van der Waals surface area contributed by atoms with Gasteiger partial charge < -0.3 is 19.9 Å². The first-order chi connectivity index (χ1) is 15.1. The Kier molecular flexibility index (Phi) is 7.07. The number of aromatic nitrogens is 1.